The molecule has 2 aliphatic rings. The first kappa shape index (κ1) is 18.1. The van der Waals surface area contributed by atoms with Gasteiger partial charge in [0.25, 0.3) is 0 Å². The summed E-state index contributed by atoms with van der Waals surface area (Å²) in [6.45, 7) is 0. The zero-order chi connectivity index (χ0) is 20.3. The van der Waals surface area contributed by atoms with E-state index in [0.717, 1.165) is 0 Å². The van der Waals surface area contributed by atoms with E-state index in [1.807, 2.05) is 22.6 Å². The topological polar surface area (TPSA) is 88.4 Å². The molecular weight excluding hydrogens is 505 g/mol. The van der Waals surface area contributed by atoms with Crippen LogP contribution in [0.2, 0.25) is 0 Å². The molecular formula is C21H10INO5S. The second kappa shape index (κ2) is 6.28. The van der Waals surface area contributed by atoms with Crippen molar-refractivity contribution in [2.24, 2.45) is 4.99 Å². The summed E-state index contributed by atoms with van der Waals surface area (Å²) in [5.74, 6) is 0.171. The summed E-state index contributed by atoms with van der Waals surface area (Å²) in [6, 6.07) is 12.8. The number of phenolic OH excluding ortho intramolecular Hbond substituents is 2. The van der Waals surface area contributed by atoms with Gasteiger partial charge in [0.05, 0.1) is 20.0 Å². The average molecular weight is 515 g/mol. The molecule has 0 amide bonds. The number of carbonyl (C=O) groups is 1. The fraction of sp³-hybridized carbons (Fsp3) is 0.0476. The number of ether oxygens (including phenoxy) is 2. The van der Waals surface area contributed by atoms with Crippen molar-refractivity contribution in [1.29, 1.82) is 0 Å². The van der Waals surface area contributed by atoms with Gasteiger partial charge < -0.3 is 19.7 Å². The second-order valence-corrected chi connectivity index (χ2v) is 7.82. The highest BCUT2D eigenvalue weighted by molar-refractivity contribution is 14.1. The minimum atomic E-state index is -1.28. The molecule has 0 aliphatic carbocycles. The predicted octanol–water partition coefficient (Wildman–Crippen LogP) is 5.00. The summed E-state index contributed by atoms with van der Waals surface area (Å²) < 4.78 is 12.5. The zero-order valence-corrected chi connectivity index (χ0v) is 17.4. The summed E-state index contributed by atoms with van der Waals surface area (Å²) in [6.07, 6.45) is 0. The minimum Gasteiger partial charge on any atom is -0.508 e. The molecule has 0 fully saturated rings. The molecule has 2 N–H and O–H groups in total. The van der Waals surface area contributed by atoms with E-state index in [1.165, 1.54) is 24.3 Å². The summed E-state index contributed by atoms with van der Waals surface area (Å²) in [4.78, 5) is 17.0. The molecule has 3 aromatic carbocycles. The molecule has 6 nitrogen and oxygen atoms in total. The Morgan fingerprint density at radius 1 is 0.966 bits per heavy atom. The van der Waals surface area contributed by atoms with Gasteiger partial charge in [0, 0.05) is 28.8 Å². The molecule has 2 aliphatic heterocycles. The maximum Gasteiger partial charge on any atom is 0.341 e. The molecule has 0 bridgehead atoms. The number of carbonyl (C=O) groups excluding carboxylic acids is 1. The molecule has 5 rings (SSSR count). The molecule has 2 heterocycles. The number of phenols is 2. The number of aromatic hydroxyl groups is 2. The van der Waals surface area contributed by atoms with Crippen LogP contribution in [-0.2, 0) is 10.3 Å². The fourth-order valence-corrected chi connectivity index (χ4v) is 4.78. The van der Waals surface area contributed by atoms with Gasteiger partial charge in [-0.2, -0.15) is 4.99 Å². The van der Waals surface area contributed by atoms with Gasteiger partial charge in [0.2, 0.25) is 0 Å². The van der Waals surface area contributed by atoms with E-state index >= 15 is 0 Å². The Morgan fingerprint density at radius 3 is 2.14 bits per heavy atom. The number of rotatable bonds is 1. The van der Waals surface area contributed by atoms with Gasteiger partial charge in [-0.25, -0.2) is 4.79 Å². The van der Waals surface area contributed by atoms with Crippen molar-refractivity contribution in [3.8, 4) is 23.0 Å². The average Bonchev–Trinajstić information content (AvgIpc) is 2.97. The zero-order valence-electron chi connectivity index (χ0n) is 14.5. The van der Waals surface area contributed by atoms with E-state index < -0.39 is 11.6 Å². The number of esters is 1. The quantitative estimate of drug-likeness (QED) is 0.205. The van der Waals surface area contributed by atoms with Gasteiger partial charge in [-0.3, -0.25) is 0 Å². The fourth-order valence-electron chi connectivity index (χ4n) is 3.87. The van der Waals surface area contributed by atoms with Crippen LogP contribution in [0.1, 0.15) is 27.0 Å². The number of hydrogen-bond donors (Lipinski definition) is 2. The Balaban J connectivity index is 1.89. The van der Waals surface area contributed by atoms with E-state index in [0.29, 0.717) is 43.0 Å². The number of nitrogens with zero attached hydrogens (tertiary/aromatic N) is 1. The number of halogens is 1. The number of aliphatic imine (C=N–C) groups is 1. The smallest absolute Gasteiger partial charge is 0.341 e. The van der Waals surface area contributed by atoms with E-state index in [1.54, 1.807) is 24.3 Å². The van der Waals surface area contributed by atoms with Crippen molar-refractivity contribution in [3.05, 3.63) is 74.4 Å². The Kier molecular flexibility index (Phi) is 3.92. The second-order valence-electron chi connectivity index (χ2n) is 6.56. The van der Waals surface area contributed by atoms with Crippen LogP contribution < -0.4 is 4.74 Å². The van der Waals surface area contributed by atoms with Crippen LogP contribution in [0, 0.1) is 3.57 Å². The van der Waals surface area contributed by atoms with Crippen molar-refractivity contribution in [1.82, 2.24) is 0 Å². The molecule has 8 heteroatoms. The van der Waals surface area contributed by atoms with Crippen LogP contribution >= 0.6 is 34.8 Å². The maximum absolute atomic E-state index is 13.0. The van der Waals surface area contributed by atoms with E-state index in [4.69, 9.17) is 21.7 Å². The monoisotopic (exact) mass is 515 g/mol. The number of isothiocyanates is 1. The van der Waals surface area contributed by atoms with Crippen LogP contribution in [0.3, 0.4) is 0 Å². The minimum absolute atomic E-state index is 0.00676. The van der Waals surface area contributed by atoms with Gasteiger partial charge in [-0.15, -0.1) is 0 Å². The first-order valence-corrected chi connectivity index (χ1v) is 9.93. The molecule has 1 spiro atoms. The van der Waals surface area contributed by atoms with Crippen molar-refractivity contribution in [2.45, 2.75) is 5.60 Å². The van der Waals surface area contributed by atoms with Gasteiger partial charge in [-0.05, 0) is 65.1 Å². The molecule has 0 saturated carbocycles. The van der Waals surface area contributed by atoms with Crippen molar-refractivity contribution < 1.29 is 24.5 Å². The van der Waals surface area contributed by atoms with E-state index in [9.17, 15) is 15.0 Å². The first-order valence-electron chi connectivity index (χ1n) is 8.44. The van der Waals surface area contributed by atoms with Crippen LogP contribution in [-0.4, -0.2) is 21.3 Å². The molecule has 0 radical (unpaired) electrons. The van der Waals surface area contributed by atoms with Crippen LogP contribution in [0.5, 0.6) is 23.0 Å². The lowest BCUT2D eigenvalue weighted by atomic mass is 9.77. The van der Waals surface area contributed by atoms with Crippen molar-refractivity contribution in [2.75, 3.05) is 0 Å². The largest absolute Gasteiger partial charge is 0.508 e. The van der Waals surface area contributed by atoms with Crippen LogP contribution in [0.25, 0.3) is 0 Å². The Morgan fingerprint density at radius 2 is 1.55 bits per heavy atom. The molecule has 29 heavy (non-hydrogen) atoms. The summed E-state index contributed by atoms with van der Waals surface area (Å²) in [5.41, 5.74) is 1.40. The molecule has 0 aromatic heterocycles. The molecule has 0 unspecified atom stereocenters. The third-order valence-electron chi connectivity index (χ3n) is 5.03. The Bertz CT molecular complexity index is 1230. The van der Waals surface area contributed by atoms with Crippen molar-refractivity contribution in [3.63, 3.8) is 0 Å². The molecule has 142 valence electrons. The summed E-state index contributed by atoms with van der Waals surface area (Å²) in [7, 11) is 0. The lowest BCUT2D eigenvalue weighted by molar-refractivity contribution is 0.0223. The number of thiocarbonyl (C=S) groups is 1. The van der Waals surface area contributed by atoms with E-state index in [2.05, 4.69) is 10.2 Å². The standard InChI is InChI=1S/C21H10INO5S/c22-19-15(23-9-29)6-5-14-18(19)20(26)28-21(14)12-3-1-10(24)7-16(12)27-17-8-11(25)2-4-13(17)21/h1-8,24-25H. The SMILES string of the molecule is O=C1OC2(c3ccc(O)cc3Oc3cc(O)ccc32)c2ccc(N=C=S)c(I)c21. The molecule has 3 aromatic rings. The van der Waals surface area contributed by atoms with Crippen molar-refractivity contribution >= 4 is 51.6 Å². The van der Waals surface area contributed by atoms with Gasteiger partial charge >= 0.3 is 5.97 Å². The Labute approximate surface area is 183 Å². The third kappa shape index (κ3) is 2.43. The molecule has 0 atom stereocenters. The van der Waals surface area contributed by atoms with E-state index in [-0.39, 0.29) is 11.5 Å². The number of benzene rings is 3. The molecule has 0 saturated heterocycles. The highest BCUT2D eigenvalue weighted by Gasteiger charge is 2.54. The lowest BCUT2D eigenvalue weighted by Crippen LogP contribution is -2.32. The van der Waals surface area contributed by atoms with Gasteiger partial charge in [0.1, 0.15) is 23.0 Å². The number of hydrogen-bond acceptors (Lipinski definition) is 7. The highest BCUT2D eigenvalue weighted by atomic mass is 127. The highest BCUT2D eigenvalue weighted by Crippen LogP contribution is 2.57. The number of fused-ring (bicyclic) bond motifs is 6. The predicted molar refractivity (Wildman–Crippen MR) is 115 cm³/mol. The summed E-state index contributed by atoms with van der Waals surface area (Å²) >= 11 is 6.74. The van der Waals surface area contributed by atoms with Gasteiger partial charge in [0.15, 0.2) is 5.60 Å². The lowest BCUT2D eigenvalue weighted by Gasteiger charge is -2.36. The first-order chi connectivity index (χ1) is 14.0. The maximum atomic E-state index is 13.0. The van der Waals surface area contributed by atoms with Crippen LogP contribution in [0.15, 0.2) is 53.5 Å². The van der Waals surface area contributed by atoms with Crippen LogP contribution in [0.4, 0.5) is 5.69 Å². The third-order valence-corrected chi connectivity index (χ3v) is 6.21. The van der Waals surface area contributed by atoms with Gasteiger partial charge in [-0.1, -0.05) is 6.07 Å². The Hall–Kier alpha value is -2.94. The normalized spacial score (nSPS) is 14.9. The summed E-state index contributed by atoms with van der Waals surface area (Å²) in [5, 5.41) is 22.2.